The van der Waals surface area contributed by atoms with Crippen molar-refractivity contribution in [1.29, 1.82) is 0 Å². The van der Waals surface area contributed by atoms with Crippen LogP contribution in [0.5, 0.6) is 0 Å². The Kier molecular flexibility index (Phi) is 5.19. The first-order chi connectivity index (χ1) is 9.10. The Balaban J connectivity index is 2.99. The van der Waals surface area contributed by atoms with Gasteiger partial charge in [-0.25, -0.2) is 13.1 Å². The van der Waals surface area contributed by atoms with Crippen LogP contribution in [-0.2, 0) is 14.8 Å². The average molecular weight is 321 g/mol. The molecule has 1 rings (SSSR count). The molecule has 0 aliphatic carbocycles. The smallest absolute Gasteiger partial charge is 0.270 e. The fraction of sp³-hybridized carbons (Fsp3) is 0.700. The molecule has 0 bridgehead atoms. The Morgan fingerprint density at radius 2 is 2.05 bits per heavy atom. The highest BCUT2D eigenvalue weighted by molar-refractivity contribution is 7.91. The summed E-state index contributed by atoms with van der Waals surface area (Å²) in [5.41, 5.74) is 4.87. The lowest BCUT2D eigenvalue weighted by molar-refractivity contribution is -0.114. The summed E-state index contributed by atoms with van der Waals surface area (Å²) in [7, 11) is -3.83. The predicted octanol–water partition coefficient (Wildman–Crippen LogP) is 0.148. The molecule has 0 aliphatic rings. The van der Waals surface area contributed by atoms with E-state index in [1.165, 1.54) is 6.92 Å². The fourth-order valence-electron chi connectivity index (χ4n) is 1.27. The predicted molar refractivity (Wildman–Crippen MR) is 76.8 cm³/mol. The maximum absolute atomic E-state index is 12.2. The molecule has 1 heterocycles. The van der Waals surface area contributed by atoms with Crippen molar-refractivity contribution < 1.29 is 13.2 Å². The molecule has 4 N–H and O–H groups in total. The molecule has 20 heavy (non-hydrogen) atoms. The fourth-order valence-corrected chi connectivity index (χ4v) is 3.76. The van der Waals surface area contributed by atoms with Crippen LogP contribution in [0.15, 0.2) is 4.34 Å². The number of anilines is 1. The second kappa shape index (κ2) is 6.12. The number of nitrogens with two attached hydrogens (primary N) is 1. The number of hydrogen-bond acceptors (Lipinski definition) is 7. The summed E-state index contributed by atoms with van der Waals surface area (Å²) in [6, 6.07) is 0. The first-order valence-electron chi connectivity index (χ1n) is 5.96. The molecular weight excluding hydrogens is 302 g/mol. The van der Waals surface area contributed by atoms with Crippen LogP contribution in [0.4, 0.5) is 5.13 Å². The Hall–Kier alpha value is -1.10. The van der Waals surface area contributed by atoms with E-state index in [2.05, 4.69) is 20.2 Å². The normalized spacial score (nSPS) is 15.1. The summed E-state index contributed by atoms with van der Waals surface area (Å²) in [5.74, 6) is -0.336. The van der Waals surface area contributed by atoms with Crippen LogP contribution in [-0.4, -0.2) is 36.6 Å². The lowest BCUT2D eigenvalue weighted by atomic mass is 9.90. The van der Waals surface area contributed by atoms with Crippen molar-refractivity contribution in [2.24, 2.45) is 11.7 Å². The Morgan fingerprint density at radius 1 is 1.45 bits per heavy atom. The van der Waals surface area contributed by atoms with E-state index in [0.717, 1.165) is 11.3 Å². The van der Waals surface area contributed by atoms with Gasteiger partial charge in [-0.05, 0) is 12.8 Å². The van der Waals surface area contributed by atoms with E-state index < -0.39 is 15.6 Å². The summed E-state index contributed by atoms with van der Waals surface area (Å²) in [6.07, 6.45) is 0. The standard InChI is InChI=1S/C10H19N5O3S2/c1-6(2)10(4,5-11)15-20(17,18)9-14-13-8(19-9)12-7(3)16/h6,15H,5,11H2,1-4H3,(H,12,13,16). The minimum Gasteiger partial charge on any atom is -0.329 e. The zero-order valence-corrected chi connectivity index (χ0v) is 13.4. The number of rotatable bonds is 6. The van der Waals surface area contributed by atoms with Crippen LogP contribution in [0.1, 0.15) is 27.7 Å². The molecule has 1 atom stereocenters. The molecule has 0 spiro atoms. The summed E-state index contributed by atoms with van der Waals surface area (Å²) < 4.78 is 26.8. The van der Waals surface area contributed by atoms with Gasteiger partial charge in [0.1, 0.15) is 0 Å². The number of nitrogens with zero attached hydrogens (tertiary/aromatic N) is 2. The van der Waals surface area contributed by atoms with Gasteiger partial charge >= 0.3 is 0 Å². The van der Waals surface area contributed by atoms with Crippen molar-refractivity contribution in [2.45, 2.75) is 37.6 Å². The maximum atomic E-state index is 12.2. The summed E-state index contributed by atoms with van der Waals surface area (Å²) in [5, 5.41) is 9.71. The van der Waals surface area contributed by atoms with Gasteiger partial charge < -0.3 is 11.1 Å². The van der Waals surface area contributed by atoms with E-state index in [0.29, 0.717) is 0 Å². The van der Waals surface area contributed by atoms with Crippen LogP contribution >= 0.6 is 11.3 Å². The molecule has 10 heteroatoms. The quantitative estimate of drug-likeness (QED) is 0.640. The third-order valence-corrected chi connectivity index (χ3v) is 5.80. The van der Waals surface area contributed by atoms with Crippen LogP contribution in [0.3, 0.4) is 0 Å². The molecule has 0 aromatic carbocycles. The summed E-state index contributed by atoms with van der Waals surface area (Å²) in [4.78, 5) is 10.9. The second-order valence-electron chi connectivity index (χ2n) is 4.94. The largest absolute Gasteiger partial charge is 0.329 e. The van der Waals surface area contributed by atoms with Crippen molar-refractivity contribution in [3.63, 3.8) is 0 Å². The average Bonchev–Trinajstić information content (AvgIpc) is 2.76. The second-order valence-corrected chi connectivity index (χ2v) is 7.77. The number of sulfonamides is 1. The van der Waals surface area contributed by atoms with Crippen molar-refractivity contribution >= 4 is 32.4 Å². The molecule has 0 fully saturated rings. The minimum atomic E-state index is -3.83. The molecule has 0 saturated carbocycles. The van der Waals surface area contributed by atoms with Gasteiger partial charge in [0, 0.05) is 19.0 Å². The van der Waals surface area contributed by atoms with E-state index in [4.69, 9.17) is 5.73 Å². The first-order valence-corrected chi connectivity index (χ1v) is 8.26. The zero-order chi connectivity index (χ0) is 15.6. The highest BCUT2D eigenvalue weighted by Gasteiger charge is 2.34. The molecular formula is C10H19N5O3S2. The van der Waals surface area contributed by atoms with E-state index in [9.17, 15) is 13.2 Å². The molecule has 1 aromatic heterocycles. The van der Waals surface area contributed by atoms with E-state index in [-0.39, 0.29) is 27.8 Å². The lowest BCUT2D eigenvalue weighted by Gasteiger charge is -2.32. The third kappa shape index (κ3) is 3.95. The minimum absolute atomic E-state index is 0.00464. The molecule has 1 unspecified atom stereocenters. The van der Waals surface area contributed by atoms with Gasteiger partial charge in [-0.2, -0.15) is 0 Å². The van der Waals surface area contributed by atoms with Crippen LogP contribution in [0, 0.1) is 5.92 Å². The third-order valence-electron chi connectivity index (χ3n) is 2.99. The molecule has 0 saturated heterocycles. The van der Waals surface area contributed by atoms with Gasteiger partial charge in [0.25, 0.3) is 10.0 Å². The van der Waals surface area contributed by atoms with Crippen LogP contribution < -0.4 is 15.8 Å². The van der Waals surface area contributed by atoms with Gasteiger partial charge in [0.05, 0.1) is 0 Å². The number of nitrogens with one attached hydrogen (secondary N) is 2. The number of carbonyl (C=O) groups excluding carboxylic acids is 1. The molecule has 0 radical (unpaired) electrons. The van der Waals surface area contributed by atoms with E-state index >= 15 is 0 Å². The summed E-state index contributed by atoms with van der Waals surface area (Å²) >= 11 is 0.786. The molecule has 0 aliphatic heterocycles. The van der Waals surface area contributed by atoms with Crippen LogP contribution in [0.2, 0.25) is 0 Å². The Morgan fingerprint density at radius 3 is 2.50 bits per heavy atom. The molecule has 1 aromatic rings. The zero-order valence-electron chi connectivity index (χ0n) is 11.8. The SMILES string of the molecule is CC(=O)Nc1nnc(S(=O)(=O)NC(C)(CN)C(C)C)s1. The van der Waals surface area contributed by atoms with Crippen molar-refractivity contribution in [3.8, 4) is 0 Å². The molecule has 8 nitrogen and oxygen atoms in total. The van der Waals surface area contributed by atoms with Crippen molar-refractivity contribution in [3.05, 3.63) is 0 Å². The van der Waals surface area contributed by atoms with Crippen molar-refractivity contribution in [2.75, 3.05) is 11.9 Å². The Bertz CT molecular complexity index is 583. The Labute approximate surface area is 122 Å². The highest BCUT2D eigenvalue weighted by atomic mass is 32.2. The van der Waals surface area contributed by atoms with Gasteiger partial charge in [-0.1, -0.05) is 25.2 Å². The van der Waals surface area contributed by atoms with Crippen molar-refractivity contribution in [1.82, 2.24) is 14.9 Å². The van der Waals surface area contributed by atoms with Gasteiger partial charge in [-0.3, -0.25) is 4.79 Å². The van der Waals surface area contributed by atoms with E-state index in [1.54, 1.807) is 6.92 Å². The monoisotopic (exact) mass is 321 g/mol. The topological polar surface area (TPSA) is 127 Å². The lowest BCUT2D eigenvalue weighted by Crippen LogP contribution is -2.54. The van der Waals surface area contributed by atoms with Gasteiger partial charge in [-0.15, -0.1) is 10.2 Å². The number of aromatic nitrogens is 2. The number of carbonyl (C=O) groups is 1. The number of amides is 1. The summed E-state index contributed by atoms with van der Waals surface area (Å²) in [6.45, 7) is 6.93. The van der Waals surface area contributed by atoms with Gasteiger partial charge in [0.2, 0.25) is 15.4 Å². The number of hydrogen-bond donors (Lipinski definition) is 3. The van der Waals surface area contributed by atoms with Gasteiger partial charge in [0.15, 0.2) is 0 Å². The molecule has 114 valence electrons. The molecule has 1 amide bonds. The van der Waals surface area contributed by atoms with Crippen LogP contribution in [0.25, 0.3) is 0 Å². The highest BCUT2D eigenvalue weighted by Crippen LogP contribution is 2.23. The maximum Gasteiger partial charge on any atom is 0.270 e. The van der Waals surface area contributed by atoms with E-state index in [1.807, 2.05) is 13.8 Å². The first kappa shape index (κ1) is 17.0.